The van der Waals surface area contributed by atoms with Crippen LogP contribution < -0.4 is 4.90 Å². The Morgan fingerprint density at radius 1 is 1.22 bits per heavy atom. The molecule has 4 rings (SSSR count). The van der Waals surface area contributed by atoms with Crippen LogP contribution in [0.25, 0.3) is 6.08 Å². The van der Waals surface area contributed by atoms with E-state index in [1.165, 1.54) is 28.8 Å². The monoisotopic (exact) mass is 387 g/mol. The van der Waals surface area contributed by atoms with E-state index in [1.807, 2.05) is 12.1 Å². The number of aliphatic imine (C=N–C) groups is 1. The van der Waals surface area contributed by atoms with Crippen molar-refractivity contribution in [2.75, 3.05) is 38.3 Å². The molecular formula is C19H18FN3O3S. The van der Waals surface area contributed by atoms with Crippen molar-refractivity contribution < 1.29 is 18.3 Å². The molecule has 2 aliphatic rings. The SMILES string of the molecule is CN1C(=O)/C(=C/c2ccc(N3CCOCC3)o2)SC1=Nc1cccc(F)c1. The van der Waals surface area contributed by atoms with Crippen LogP contribution in [0, 0.1) is 5.82 Å². The first kappa shape index (κ1) is 17.8. The van der Waals surface area contributed by atoms with E-state index in [-0.39, 0.29) is 11.7 Å². The number of halogens is 1. The highest BCUT2D eigenvalue weighted by molar-refractivity contribution is 8.18. The molecule has 0 spiro atoms. The van der Waals surface area contributed by atoms with Crippen LogP contribution in [0.15, 0.2) is 50.7 Å². The zero-order valence-corrected chi connectivity index (χ0v) is 15.5. The lowest BCUT2D eigenvalue weighted by molar-refractivity contribution is -0.121. The van der Waals surface area contributed by atoms with Crippen molar-refractivity contribution in [3.05, 3.63) is 52.9 Å². The van der Waals surface area contributed by atoms with Gasteiger partial charge >= 0.3 is 0 Å². The van der Waals surface area contributed by atoms with Crippen LogP contribution in [0.3, 0.4) is 0 Å². The van der Waals surface area contributed by atoms with Crippen molar-refractivity contribution in [1.82, 2.24) is 4.90 Å². The fourth-order valence-corrected chi connectivity index (χ4v) is 3.78. The smallest absolute Gasteiger partial charge is 0.266 e. The molecule has 8 heteroatoms. The van der Waals surface area contributed by atoms with Crippen LogP contribution in [0.5, 0.6) is 0 Å². The number of hydrogen-bond donors (Lipinski definition) is 0. The molecule has 2 saturated heterocycles. The van der Waals surface area contributed by atoms with E-state index in [9.17, 15) is 9.18 Å². The number of ether oxygens (including phenoxy) is 1. The number of carbonyl (C=O) groups excluding carboxylic acids is 1. The molecule has 0 radical (unpaired) electrons. The van der Waals surface area contributed by atoms with Crippen molar-refractivity contribution in [2.45, 2.75) is 0 Å². The summed E-state index contributed by atoms with van der Waals surface area (Å²) in [6.45, 7) is 2.92. The van der Waals surface area contributed by atoms with Gasteiger partial charge in [0.2, 0.25) is 0 Å². The summed E-state index contributed by atoms with van der Waals surface area (Å²) in [7, 11) is 1.65. The summed E-state index contributed by atoms with van der Waals surface area (Å²) in [6.07, 6.45) is 1.71. The predicted octanol–water partition coefficient (Wildman–Crippen LogP) is 3.49. The summed E-state index contributed by atoms with van der Waals surface area (Å²) in [5.41, 5.74) is 0.464. The summed E-state index contributed by atoms with van der Waals surface area (Å²) in [6, 6.07) is 9.70. The molecule has 140 valence electrons. The van der Waals surface area contributed by atoms with Gasteiger partial charge in [-0.3, -0.25) is 9.69 Å². The molecule has 2 fully saturated rings. The number of amides is 1. The molecule has 0 bridgehead atoms. The molecular weight excluding hydrogens is 369 g/mol. The molecule has 3 heterocycles. The predicted molar refractivity (Wildman–Crippen MR) is 104 cm³/mol. The molecule has 0 N–H and O–H groups in total. The second-order valence-electron chi connectivity index (χ2n) is 6.12. The van der Waals surface area contributed by atoms with Crippen molar-refractivity contribution in [3.63, 3.8) is 0 Å². The van der Waals surface area contributed by atoms with Gasteiger partial charge in [-0.2, -0.15) is 0 Å². The quantitative estimate of drug-likeness (QED) is 0.755. The third kappa shape index (κ3) is 3.91. The highest BCUT2D eigenvalue weighted by atomic mass is 32.2. The normalized spacial score (nSPS) is 20.9. The van der Waals surface area contributed by atoms with Gasteiger partial charge in [0.05, 0.1) is 23.8 Å². The number of likely N-dealkylation sites (N-methyl/N-ethyl adjacent to an activating group) is 1. The Hall–Kier alpha value is -2.58. The molecule has 27 heavy (non-hydrogen) atoms. The zero-order valence-electron chi connectivity index (χ0n) is 14.7. The zero-order chi connectivity index (χ0) is 18.8. The molecule has 2 aliphatic heterocycles. The number of anilines is 1. The first-order chi connectivity index (χ1) is 13.1. The summed E-state index contributed by atoms with van der Waals surface area (Å²) < 4.78 is 24.5. The van der Waals surface area contributed by atoms with Gasteiger partial charge in [0.15, 0.2) is 11.1 Å². The van der Waals surface area contributed by atoms with E-state index in [0.29, 0.717) is 34.7 Å². The van der Waals surface area contributed by atoms with E-state index >= 15 is 0 Å². The van der Waals surface area contributed by atoms with Gasteiger partial charge in [0.25, 0.3) is 5.91 Å². The topological polar surface area (TPSA) is 58.3 Å². The molecule has 6 nitrogen and oxygen atoms in total. The highest BCUT2D eigenvalue weighted by Gasteiger charge is 2.30. The van der Waals surface area contributed by atoms with Crippen LogP contribution in [0.1, 0.15) is 5.76 Å². The fourth-order valence-electron chi connectivity index (χ4n) is 2.81. The molecule has 1 aromatic heterocycles. The maximum absolute atomic E-state index is 13.3. The Morgan fingerprint density at radius 3 is 2.81 bits per heavy atom. The molecule has 0 saturated carbocycles. The van der Waals surface area contributed by atoms with E-state index < -0.39 is 0 Å². The van der Waals surface area contributed by atoms with Crippen LogP contribution in [-0.4, -0.2) is 49.3 Å². The van der Waals surface area contributed by atoms with E-state index in [2.05, 4.69) is 9.89 Å². The Bertz CT molecular complexity index is 918. The first-order valence-electron chi connectivity index (χ1n) is 8.54. The van der Waals surface area contributed by atoms with Gasteiger partial charge in [0.1, 0.15) is 11.6 Å². The molecule has 1 aromatic carbocycles. The van der Waals surface area contributed by atoms with E-state index in [0.717, 1.165) is 19.0 Å². The van der Waals surface area contributed by atoms with Gasteiger partial charge in [0, 0.05) is 32.3 Å². The lowest BCUT2D eigenvalue weighted by Crippen LogP contribution is -2.35. The third-order valence-electron chi connectivity index (χ3n) is 4.25. The number of amidine groups is 1. The Labute approximate surface area is 160 Å². The van der Waals surface area contributed by atoms with Crippen LogP contribution >= 0.6 is 11.8 Å². The maximum atomic E-state index is 13.3. The molecule has 2 aromatic rings. The van der Waals surface area contributed by atoms with E-state index in [4.69, 9.17) is 9.15 Å². The number of furan rings is 1. The minimum Gasteiger partial charge on any atom is -0.441 e. The van der Waals surface area contributed by atoms with Crippen molar-refractivity contribution in [2.24, 2.45) is 4.99 Å². The van der Waals surface area contributed by atoms with Crippen LogP contribution in [-0.2, 0) is 9.53 Å². The maximum Gasteiger partial charge on any atom is 0.266 e. The van der Waals surface area contributed by atoms with Gasteiger partial charge < -0.3 is 14.1 Å². The summed E-state index contributed by atoms with van der Waals surface area (Å²) in [4.78, 5) is 20.9. The molecule has 0 unspecified atom stereocenters. The summed E-state index contributed by atoms with van der Waals surface area (Å²) in [5.74, 6) is 0.839. The molecule has 0 atom stereocenters. The number of hydrogen-bond acceptors (Lipinski definition) is 6. The number of thioether (sulfide) groups is 1. The van der Waals surface area contributed by atoms with Crippen molar-refractivity contribution in [1.29, 1.82) is 0 Å². The van der Waals surface area contributed by atoms with Crippen molar-refractivity contribution in [3.8, 4) is 0 Å². The largest absolute Gasteiger partial charge is 0.441 e. The van der Waals surface area contributed by atoms with Gasteiger partial charge in [-0.1, -0.05) is 6.07 Å². The van der Waals surface area contributed by atoms with Crippen LogP contribution in [0.4, 0.5) is 16.0 Å². The number of morpholine rings is 1. The van der Waals surface area contributed by atoms with Gasteiger partial charge in [-0.05, 0) is 36.0 Å². The Balaban J connectivity index is 1.54. The molecule has 1 amide bonds. The minimum atomic E-state index is -0.365. The van der Waals surface area contributed by atoms with E-state index in [1.54, 1.807) is 25.3 Å². The highest BCUT2D eigenvalue weighted by Crippen LogP contribution is 2.34. The Kier molecular flexibility index (Phi) is 5.00. The van der Waals surface area contributed by atoms with Crippen molar-refractivity contribution >= 4 is 40.5 Å². The number of benzene rings is 1. The fraction of sp³-hybridized carbons (Fsp3) is 0.263. The number of carbonyl (C=O) groups is 1. The lowest BCUT2D eigenvalue weighted by atomic mass is 10.3. The van der Waals surface area contributed by atoms with Gasteiger partial charge in [-0.25, -0.2) is 9.38 Å². The summed E-state index contributed by atoms with van der Waals surface area (Å²) >= 11 is 1.24. The van der Waals surface area contributed by atoms with Gasteiger partial charge in [-0.15, -0.1) is 0 Å². The van der Waals surface area contributed by atoms with Crippen LogP contribution in [0.2, 0.25) is 0 Å². The number of nitrogens with zero attached hydrogens (tertiary/aromatic N) is 3. The second kappa shape index (κ2) is 7.58. The third-order valence-corrected chi connectivity index (χ3v) is 5.31. The minimum absolute atomic E-state index is 0.167. The standard InChI is InChI=1S/C19H18FN3O3S/c1-22-18(24)16(27-19(22)21-14-4-2-3-13(20)11-14)12-15-5-6-17(26-15)23-7-9-25-10-8-23/h2-6,11-12H,7-10H2,1H3/b16-12-,21-19?. The number of rotatable bonds is 3. The first-order valence-corrected chi connectivity index (χ1v) is 9.36. The average molecular weight is 387 g/mol. The average Bonchev–Trinajstić information content (AvgIpc) is 3.24. The second-order valence-corrected chi connectivity index (χ2v) is 7.13. The summed E-state index contributed by atoms with van der Waals surface area (Å²) in [5, 5.41) is 0.497. The lowest BCUT2D eigenvalue weighted by Gasteiger charge is -2.26. The molecule has 0 aliphatic carbocycles. The Morgan fingerprint density at radius 2 is 2.04 bits per heavy atom.